The molecule has 1 fully saturated rings. The lowest BCUT2D eigenvalue weighted by Gasteiger charge is -2.36. The summed E-state index contributed by atoms with van der Waals surface area (Å²) in [7, 11) is 1.75. The van der Waals surface area contributed by atoms with Gasteiger partial charge in [-0.2, -0.15) is 0 Å². The van der Waals surface area contributed by atoms with E-state index in [-0.39, 0.29) is 6.79 Å². The minimum Gasteiger partial charge on any atom is -0.454 e. The van der Waals surface area contributed by atoms with Gasteiger partial charge in [0.2, 0.25) is 6.79 Å². The van der Waals surface area contributed by atoms with Gasteiger partial charge in [0.05, 0.1) is 16.8 Å². The fraction of sp³-hybridized carbons (Fsp3) is 0.400. The highest BCUT2D eigenvalue weighted by molar-refractivity contribution is 7.22. The molecule has 29 heavy (non-hydrogen) atoms. The van der Waals surface area contributed by atoms with Gasteiger partial charge in [0.15, 0.2) is 16.6 Å². The van der Waals surface area contributed by atoms with Gasteiger partial charge in [0, 0.05) is 69.9 Å². The van der Waals surface area contributed by atoms with Crippen molar-refractivity contribution in [2.75, 3.05) is 63.5 Å². The molecule has 0 amide bonds. The second-order valence-corrected chi connectivity index (χ2v) is 8.07. The van der Waals surface area contributed by atoms with Gasteiger partial charge >= 0.3 is 0 Å². The first-order chi connectivity index (χ1) is 14.3. The van der Waals surface area contributed by atoms with Gasteiger partial charge in [-0.25, -0.2) is 9.97 Å². The van der Waals surface area contributed by atoms with E-state index >= 15 is 0 Å². The van der Waals surface area contributed by atoms with Gasteiger partial charge < -0.3 is 24.4 Å². The lowest BCUT2D eigenvalue weighted by Crippen LogP contribution is -2.47. The maximum Gasteiger partial charge on any atom is 0.231 e. The molecule has 2 aromatic heterocycles. The summed E-state index contributed by atoms with van der Waals surface area (Å²) in [4.78, 5) is 14.0. The van der Waals surface area contributed by atoms with Crippen LogP contribution in [0.5, 0.6) is 11.5 Å². The third-order valence-electron chi connectivity index (χ3n) is 5.21. The van der Waals surface area contributed by atoms with Crippen LogP contribution in [0.4, 0.5) is 16.6 Å². The van der Waals surface area contributed by atoms with Gasteiger partial charge in [-0.1, -0.05) is 11.3 Å². The van der Waals surface area contributed by atoms with E-state index in [1.54, 1.807) is 18.4 Å². The summed E-state index contributed by atoms with van der Waals surface area (Å²) in [5.74, 6) is 2.32. The minimum absolute atomic E-state index is 0.273. The molecule has 1 saturated heterocycles. The van der Waals surface area contributed by atoms with Crippen molar-refractivity contribution in [3.63, 3.8) is 0 Å². The van der Waals surface area contributed by atoms with E-state index < -0.39 is 0 Å². The first kappa shape index (κ1) is 18.4. The molecule has 5 rings (SSSR count). The zero-order chi connectivity index (χ0) is 19.6. The number of rotatable bonds is 6. The molecule has 9 heteroatoms. The standard InChI is InChI=1S/C20H23N5O3S/c1-26-9-8-24-4-6-25(7-5-24)14-2-3-21-19(10-14)23-20-22-15-11-16-17(28-13-27-16)12-18(15)29-20/h2-3,10-12H,4-9,13H2,1H3,(H,21,22,23). The van der Waals surface area contributed by atoms with Gasteiger partial charge in [0.25, 0.3) is 0 Å². The van der Waals surface area contributed by atoms with Gasteiger partial charge in [-0.3, -0.25) is 4.90 Å². The quantitative estimate of drug-likeness (QED) is 0.661. The molecule has 0 unspecified atom stereocenters. The highest BCUT2D eigenvalue weighted by Crippen LogP contribution is 2.39. The Bertz CT molecular complexity index is 962. The summed E-state index contributed by atoms with van der Waals surface area (Å²) in [5.41, 5.74) is 2.07. The number of nitrogens with one attached hydrogen (secondary N) is 1. The van der Waals surface area contributed by atoms with E-state index in [0.29, 0.717) is 0 Å². The number of piperazine rings is 1. The van der Waals surface area contributed by atoms with Crippen molar-refractivity contribution in [1.29, 1.82) is 0 Å². The van der Waals surface area contributed by atoms with E-state index in [0.717, 1.165) is 72.0 Å². The van der Waals surface area contributed by atoms with Crippen LogP contribution in [0.1, 0.15) is 0 Å². The van der Waals surface area contributed by atoms with Gasteiger partial charge in [0.1, 0.15) is 5.82 Å². The highest BCUT2D eigenvalue weighted by atomic mass is 32.1. The molecule has 1 N–H and O–H groups in total. The Balaban J connectivity index is 1.27. The highest BCUT2D eigenvalue weighted by Gasteiger charge is 2.18. The van der Waals surface area contributed by atoms with Crippen LogP contribution in [0, 0.1) is 0 Å². The van der Waals surface area contributed by atoms with Crippen LogP contribution in [0.2, 0.25) is 0 Å². The Morgan fingerprint density at radius 2 is 1.97 bits per heavy atom. The fourth-order valence-corrected chi connectivity index (χ4v) is 4.50. The van der Waals surface area contributed by atoms with Crippen molar-refractivity contribution < 1.29 is 14.2 Å². The maximum absolute atomic E-state index is 5.45. The molecule has 0 saturated carbocycles. The molecule has 0 bridgehead atoms. The summed E-state index contributed by atoms with van der Waals surface area (Å²) in [6.07, 6.45) is 1.85. The molecular formula is C20H23N5O3S. The molecule has 0 atom stereocenters. The number of pyridine rings is 1. The smallest absolute Gasteiger partial charge is 0.231 e. The van der Waals surface area contributed by atoms with E-state index in [1.807, 2.05) is 18.3 Å². The predicted octanol–water partition coefficient (Wildman–Crippen LogP) is 2.93. The summed E-state index contributed by atoms with van der Waals surface area (Å²) in [6.45, 7) is 6.13. The van der Waals surface area contributed by atoms with Crippen LogP contribution in [-0.2, 0) is 4.74 Å². The number of anilines is 3. The maximum atomic E-state index is 5.45. The molecule has 1 aromatic carbocycles. The fourth-order valence-electron chi connectivity index (χ4n) is 3.62. The lowest BCUT2D eigenvalue weighted by molar-refractivity contribution is 0.144. The molecule has 2 aliphatic rings. The molecule has 0 spiro atoms. The summed E-state index contributed by atoms with van der Waals surface area (Å²) >= 11 is 1.58. The number of ether oxygens (including phenoxy) is 3. The predicted molar refractivity (Wildman–Crippen MR) is 114 cm³/mol. The summed E-state index contributed by atoms with van der Waals surface area (Å²) in [5, 5.41) is 4.15. The average Bonchev–Trinajstić information content (AvgIpc) is 3.36. The van der Waals surface area contributed by atoms with E-state index in [9.17, 15) is 0 Å². The Morgan fingerprint density at radius 3 is 2.79 bits per heavy atom. The van der Waals surface area contributed by atoms with Crippen LogP contribution in [0.3, 0.4) is 0 Å². The van der Waals surface area contributed by atoms with Gasteiger partial charge in [-0.15, -0.1) is 0 Å². The Morgan fingerprint density at radius 1 is 1.14 bits per heavy atom. The van der Waals surface area contributed by atoms with Crippen molar-refractivity contribution in [2.24, 2.45) is 0 Å². The average molecular weight is 414 g/mol. The minimum atomic E-state index is 0.273. The SMILES string of the molecule is COCCN1CCN(c2ccnc(Nc3nc4cc5c(cc4s3)OCO5)c2)CC1. The van der Waals surface area contributed by atoms with E-state index in [4.69, 9.17) is 14.2 Å². The molecular weight excluding hydrogens is 390 g/mol. The number of nitrogens with zero attached hydrogens (tertiary/aromatic N) is 4. The van der Waals surface area contributed by atoms with Gasteiger partial charge in [-0.05, 0) is 6.07 Å². The van der Waals surface area contributed by atoms with Crippen molar-refractivity contribution >= 4 is 38.2 Å². The molecule has 0 aliphatic carbocycles. The number of hydrogen-bond acceptors (Lipinski definition) is 9. The van der Waals surface area contributed by atoms with Crippen LogP contribution in [0.15, 0.2) is 30.5 Å². The molecule has 2 aliphatic heterocycles. The first-order valence-electron chi connectivity index (χ1n) is 9.68. The number of methoxy groups -OCH3 is 1. The Kier molecular flexibility index (Phi) is 5.09. The van der Waals surface area contributed by atoms with Crippen molar-refractivity contribution in [1.82, 2.24) is 14.9 Å². The second kappa shape index (κ2) is 8.02. The number of benzene rings is 1. The zero-order valence-corrected chi connectivity index (χ0v) is 17.1. The van der Waals surface area contributed by atoms with Crippen LogP contribution < -0.4 is 19.7 Å². The third-order valence-corrected chi connectivity index (χ3v) is 6.14. The Labute approximate surface area is 173 Å². The van der Waals surface area contributed by atoms with Crippen molar-refractivity contribution in [3.8, 4) is 11.5 Å². The monoisotopic (exact) mass is 413 g/mol. The molecule has 4 heterocycles. The van der Waals surface area contributed by atoms with Crippen LogP contribution in [-0.4, -0.2) is 68.1 Å². The van der Waals surface area contributed by atoms with E-state index in [2.05, 4.69) is 37.2 Å². The normalized spacial score (nSPS) is 16.5. The largest absolute Gasteiger partial charge is 0.454 e. The number of fused-ring (bicyclic) bond motifs is 2. The topological polar surface area (TPSA) is 72.0 Å². The summed E-state index contributed by atoms with van der Waals surface area (Å²) in [6, 6.07) is 8.05. The molecule has 8 nitrogen and oxygen atoms in total. The first-order valence-corrected chi connectivity index (χ1v) is 10.5. The molecule has 3 aromatic rings. The number of aromatic nitrogens is 2. The number of hydrogen-bond donors (Lipinski definition) is 1. The second-order valence-electron chi connectivity index (χ2n) is 7.04. The van der Waals surface area contributed by atoms with Crippen LogP contribution >= 0.6 is 11.3 Å². The van der Waals surface area contributed by atoms with Crippen molar-refractivity contribution in [2.45, 2.75) is 0 Å². The van der Waals surface area contributed by atoms with Crippen molar-refractivity contribution in [3.05, 3.63) is 30.5 Å². The zero-order valence-electron chi connectivity index (χ0n) is 16.3. The third kappa shape index (κ3) is 3.93. The number of thiazole rings is 1. The summed E-state index contributed by atoms with van der Waals surface area (Å²) < 4.78 is 17.1. The van der Waals surface area contributed by atoms with E-state index in [1.165, 1.54) is 5.69 Å². The Hall–Kier alpha value is -2.62. The molecule has 0 radical (unpaired) electrons. The molecule has 152 valence electrons. The lowest BCUT2D eigenvalue weighted by atomic mass is 10.2. The van der Waals surface area contributed by atoms with Crippen LogP contribution in [0.25, 0.3) is 10.2 Å².